The minimum absolute atomic E-state index is 0.0391. The van der Waals surface area contributed by atoms with Crippen molar-refractivity contribution in [1.82, 2.24) is 15.1 Å². The molecule has 0 aromatic heterocycles. The Labute approximate surface area is 174 Å². The van der Waals surface area contributed by atoms with Crippen molar-refractivity contribution in [2.24, 2.45) is 10.9 Å². The average molecular weight is 418 g/mol. The fourth-order valence-corrected chi connectivity index (χ4v) is 3.49. The van der Waals surface area contributed by atoms with Crippen LogP contribution in [-0.4, -0.2) is 78.5 Å². The van der Waals surface area contributed by atoms with Crippen LogP contribution in [0.3, 0.4) is 0 Å². The fourth-order valence-electron chi connectivity index (χ4n) is 3.49. The quantitative estimate of drug-likeness (QED) is 0.386. The summed E-state index contributed by atoms with van der Waals surface area (Å²) in [7, 11) is 0. The molecule has 30 heavy (non-hydrogen) atoms. The van der Waals surface area contributed by atoms with Gasteiger partial charge in [0.05, 0.1) is 13.2 Å². The van der Waals surface area contributed by atoms with E-state index < -0.39 is 23.8 Å². The normalized spacial score (nSPS) is 21.5. The van der Waals surface area contributed by atoms with Crippen molar-refractivity contribution in [3.8, 4) is 11.5 Å². The van der Waals surface area contributed by atoms with Gasteiger partial charge in [0.1, 0.15) is 6.04 Å². The Hall–Kier alpha value is -3.30. The Morgan fingerprint density at radius 2 is 2.00 bits per heavy atom. The van der Waals surface area contributed by atoms with Gasteiger partial charge in [0.25, 0.3) is 0 Å². The highest BCUT2D eigenvalue weighted by Gasteiger charge is 2.42. The number of esters is 1. The third-order valence-corrected chi connectivity index (χ3v) is 5.02. The maximum atomic E-state index is 12.9. The molecule has 0 spiro atoms. The number of nitrogens with zero attached hydrogens (tertiary/aromatic N) is 3. The first kappa shape index (κ1) is 21.4. The van der Waals surface area contributed by atoms with E-state index in [9.17, 15) is 19.5 Å². The number of carbonyl (C=O) groups excluding carboxylic acids is 3. The van der Waals surface area contributed by atoms with Gasteiger partial charge in [-0.05, 0) is 31.5 Å². The fraction of sp³-hybridized carbons (Fsp3) is 0.500. The molecule has 0 aliphatic carbocycles. The van der Waals surface area contributed by atoms with E-state index in [0.717, 1.165) is 6.41 Å². The van der Waals surface area contributed by atoms with Gasteiger partial charge in [-0.1, -0.05) is 6.07 Å². The number of hydrogen-bond donors (Lipinski definition) is 2. The number of phenolic OH excluding ortho intramolecular Hbond substituents is 1. The monoisotopic (exact) mass is 418 g/mol. The van der Waals surface area contributed by atoms with Crippen LogP contribution in [0.5, 0.6) is 11.5 Å². The number of aliphatic imine (C=N–C) groups is 1. The molecule has 0 saturated carbocycles. The van der Waals surface area contributed by atoms with Crippen LogP contribution >= 0.6 is 0 Å². The molecule has 2 aliphatic heterocycles. The standard InChI is InChI=1S/C20H26N4O6/c1-3-29-15-11-13(5-6-14(15)26)17-16(19(28)30-4-2)18(27)22-20(21-17)24-9-7-23(12-25)8-10-24/h5-6,11-12,16-17,26H,3-4,7-10H2,1-2H3,(H,21,22,27)/t16-,17-/m1/s1. The SMILES string of the molecule is CCOC(=O)[C@H]1C(=O)NC(N2CCN(C=O)CC2)=N[C@@H]1c1ccc(O)c(OCC)c1. The Morgan fingerprint density at radius 1 is 1.27 bits per heavy atom. The van der Waals surface area contributed by atoms with Gasteiger partial charge in [-0.3, -0.25) is 19.7 Å². The molecule has 0 radical (unpaired) electrons. The van der Waals surface area contributed by atoms with E-state index in [1.165, 1.54) is 6.07 Å². The molecule has 3 rings (SSSR count). The summed E-state index contributed by atoms with van der Waals surface area (Å²) in [5, 5.41) is 12.7. The molecule has 2 aliphatic rings. The maximum Gasteiger partial charge on any atom is 0.321 e. The van der Waals surface area contributed by atoms with Crippen LogP contribution in [0.15, 0.2) is 23.2 Å². The summed E-state index contributed by atoms with van der Waals surface area (Å²) in [6.07, 6.45) is 0.796. The third kappa shape index (κ3) is 4.47. The van der Waals surface area contributed by atoms with E-state index in [2.05, 4.69) is 10.3 Å². The lowest BCUT2D eigenvalue weighted by molar-refractivity contribution is -0.153. The summed E-state index contributed by atoms with van der Waals surface area (Å²) >= 11 is 0. The number of carbonyl (C=O) groups is 3. The molecule has 10 heteroatoms. The first-order valence-corrected chi connectivity index (χ1v) is 9.93. The number of ether oxygens (including phenoxy) is 2. The predicted molar refractivity (Wildman–Crippen MR) is 107 cm³/mol. The van der Waals surface area contributed by atoms with Gasteiger partial charge in [0, 0.05) is 26.2 Å². The lowest BCUT2D eigenvalue weighted by Crippen LogP contribution is -2.57. The van der Waals surface area contributed by atoms with Gasteiger partial charge < -0.3 is 24.4 Å². The van der Waals surface area contributed by atoms with Crippen LogP contribution < -0.4 is 10.1 Å². The number of amides is 2. The minimum atomic E-state index is -1.16. The summed E-state index contributed by atoms with van der Waals surface area (Å²) in [6.45, 7) is 5.98. The molecule has 2 N–H and O–H groups in total. The van der Waals surface area contributed by atoms with Crippen LogP contribution in [0.25, 0.3) is 0 Å². The van der Waals surface area contributed by atoms with Crippen molar-refractivity contribution in [3.05, 3.63) is 23.8 Å². The molecule has 1 aromatic carbocycles. The minimum Gasteiger partial charge on any atom is -0.504 e. The number of piperazine rings is 1. The Morgan fingerprint density at radius 3 is 2.63 bits per heavy atom. The molecule has 2 heterocycles. The molecule has 1 aromatic rings. The van der Waals surface area contributed by atoms with Crippen molar-refractivity contribution in [2.75, 3.05) is 39.4 Å². The van der Waals surface area contributed by atoms with Crippen LogP contribution in [0.2, 0.25) is 0 Å². The van der Waals surface area contributed by atoms with Crippen LogP contribution in [-0.2, 0) is 19.1 Å². The van der Waals surface area contributed by atoms with E-state index in [4.69, 9.17) is 9.47 Å². The zero-order valence-corrected chi connectivity index (χ0v) is 17.0. The molecule has 1 fully saturated rings. The van der Waals surface area contributed by atoms with Gasteiger partial charge in [-0.15, -0.1) is 0 Å². The molecular weight excluding hydrogens is 392 g/mol. The molecule has 2 atom stereocenters. The third-order valence-electron chi connectivity index (χ3n) is 5.02. The summed E-state index contributed by atoms with van der Waals surface area (Å²) in [5.41, 5.74) is 0.549. The zero-order valence-electron chi connectivity index (χ0n) is 17.0. The van der Waals surface area contributed by atoms with Crippen molar-refractivity contribution in [3.63, 3.8) is 0 Å². The highest BCUT2D eigenvalue weighted by Crippen LogP contribution is 2.36. The number of guanidine groups is 1. The zero-order chi connectivity index (χ0) is 21.7. The number of rotatable bonds is 6. The maximum absolute atomic E-state index is 12.9. The number of phenols is 1. The van der Waals surface area contributed by atoms with Crippen molar-refractivity contribution < 1.29 is 29.0 Å². The Bertz CT molecular complexity index is 835. The highest BCUT2D eigenvalue weighted by molar-refractivity contribution is 6.08. The first-order chi connectivity index (χ1) is 14.5. The van der Waals surface area contributed by atoms with Crippen molar-refractivity contribution in [2.45, 2.75) is 19.9 Å². The summed E-state index contributed by atoms with van der Waals surface area (Å²) < 4.78 is 10.5. The van der Waals surface area contributed by atoms with Gasteiger partial charge in [-0.25, -0.2) is 4.99 Å². The van der Waals surface area contributed by atoms with E-state index in [0.29, 0.717) is 44.3 Å². The van der Waals surface area contributed by atoms with Crippen LogP contribution in [0.1, 0.15) is 25.5 Å². The lowest BCUT2D eigenvalue weighted by atomic mass is 9.91. The van der Waals surface area contributed by atoms with Gasteiger partial charge in [0.15, 0.2) is 17.4 Å². The van der Waals surface area contributed by atoms with Crippen molar-refractivity contribution in [1.29, 1.82) is 0 Å². The molecule has 162 valence electrons. The van der Waals surface area contributed by atoms with E-state index in [1.807, 2.05) is 4.90 Å². The Balaban J connectivity index is 1.96. The smallest absolute Gasteiger partial charge is 0.321 e. The van der Waals surface area contributed by atoms with Crippen LogP contribution in [0, 0.1) is 5.92 Å². The second-order valence-electron chi connectivity index (χ2n) is 6.91. The molecule has 1 saturated heterocycles. The molecular formula is C20H26N4O6. The second-order valence-corrected chi connectivity index (χ2v) is 6.91. The van der Waals surface area contributed by atoms with E-state index in [-0.39, 0.29) is 18.1 Å². The van der Waals surface area contributed by atoms with Crippen molar-refractivity contribution >= 4 is 24.2 Å². The molecule has 0 unspecified atom stereocenters. The van der Waals surface area contributed by atoms with Gasteiger partial charge >= 0.3 is 5.97 Å². The van der Waals surface area contributed by atoms with E-state index in [1.54, 1.807) is 30.9 Å². The highest BCUT2D eigenvalue weighted by atomic mass is 16.5. The lowest BCUT2D eigenvalue weighted by Gasteiger charge is -2.37. The van der Waals surface area contributed by atoms with Gasteiger partial charge in [-0.2, -0.15) is 0 Å². The molecule has 2 amide bonds. The first-order valence-electron chi connectivity index (χ1n) is 9.93. The average Bonchev–Trinajstić information content (AvgIpc) is 2.75. The topological polar surface area (TPSA) is 121 Å². The Kier molecular flexibility index (Phi) is 6.76. The number of nitrogens with one attached hydrogen (secondary N) is 1. The number of benzene rings is 1. The number of aromatic hydroxyl groups is 1. The van der Waals surface area contributed by atoms with E-state index >= 15 is 0 Å². The second kappa shape index (κ2) is 9.47. The largest absolute Gasteiger partial charge is 0.504 e. The van der Waals surface area contributed by atoms with Gasteiger partial charge in [0.2, 0.25) is 18.3 Å². The number of hydrogen-bond acceptors (Lipinski definition) is 8. The molecule has 10 nitrogen and oxygen atoms in total. The summed E-state index contributed by atoms with van der Waals surface area (Å²) in [5.74, 6) is -1.78. The molecule has 0 bridgehead atoms. The van der Waals surface area contributed by atoms with Crippen LogP contribution in [0.4, 0.5) is 0 Å². The summed E-state index contributed by atoms with van der Waals surface area (Å²) in [6, 6.07) is 3.81. The summed E-state index contributed by atoms with van der Waals surface area (Å²) in [4.78, 5) is 44.5. The predicted octanol–water partition coefficient (Wildman–Crippen LogP) is 0.271.